The summed E-state index contributed by atoms with van der Waals surface area (Å²) in [6.07, 6.45) is 8.06. The van der Waals surface area contributed by atoms with Crippen LogP contribution in [0.2, 0.25) is 0 Å². The van der Waals surface area contributed by atoms with Gasteiger partial charge in [0, 0.05) is 24.5 Å². The predicted octanol–water partition coefficient (Wildman–Crippen LogP) is 3.62. The summed E-state index contributed by atoms with van der Waals surface area (Å²) >= 11 is 0. The van der Waals surface area contributed by atoms with E-state index < -0.39 is 0 Å². The number of benzene rings is 1. The SMILES string of the molecule is CC1C(Cc2ccccc2)CCN1C(=O)C1CC2CCCC(C1)C2N. The zero-order chi connectivity index (χ0) is 17.4. The number of rotatable bonds is 3. The monoisotopic (exact) mass is 340 g/mol. The Morgan fingerprint density at radius 3 is 2.48 bits per heavy atom. The number of nitrogens with zero attached hydrogens (tertiary/aromatic N) is 1. The van der Waals surface area contributed by atoms with Gasteiger partial charge in [-0.25, -0.2) is 0 Å². The van der Waals surface area contributed by atoms with Crippen molar-refractivity contribution in [2.45, 2.75) is 64.0 Å². The molecule has 3 nitrogen and oxygen atoms in total. The molecule has 2 aliphatic carbocycles. The van der Waals surface area contributed by atoms with Gasteiger partial charge in [-0.1, -0.05) is 36.8 Å². The van der Waals surface area contributed by atoms with E-state index in [-0.39, 0.29) is 5.92 Å². The van der Waals surface area contributed by atoms with Crippen molar-refractivity contribution >= 4 is 5.91 Å². The third-order valence-corrected chi connectivity index (χ3v) is 7.30. The normalized spacial score (nSPS) is 37.9. The van der Waals surface area contributed by atoms with Crippen LogP contribution in [0.4, 0.5) is 0 Å². The van der Waals surface area contributed by atoms with Crippen molar-refractivity contribution in [3.05, 3.63) is 35.9 Å². The second-order valence-electron chi connectivity index (χ2n) is 8.71. The van der Waals surface area contributed by atoms with Crippen LogP contribution in [0, 0.1) is 23.7 Å². The highest BCUT2D eigenvalue weighted by Gasteiger charge is 2.43. The minimum atomic E-state index is 0.230. The maximum absolute atomic E-state index is 13.2. The summed E-state index contributed by atoms with van der Waals surface area (Å²) < 4.78 is 0. The van der Waals surface area contributed by atoms with E-state index in [0.29, 0.717) is 35.7 Å². The Kier molecular flexibility index (Phi) is 4.86. The average Bonchev–Trinajstić information content (AvgIpc) is 2.96. The zero-order valence-electron chi connectivity index (χ0n) is 15.4. The Morgan fingerprint density at radius 2 is 1.80 bits per heavy atom. The lowest BCUT2D eigenvalue weighted by molar-refractivity contribution is -0.139. The number of fused-ring (bicyclic) bond motifs is 2. The van der Waals surface area contributed by atoms with E-state index in [1.165, 1.54) is 24.8 Å². The van der Waals surface area contributed by atoms with E-state index >= 15 is 0 Å². The topological polar surface area (TPSA) is 46.3 Å². The molecule has 1 aromatic carbocycles. The first kappa shape index (κ1) is 17.1. The standard InChI is InChI=1S/C22H32N2O/c1-15-17(12-16-6-3-2-4-7-16)10-11-24(15)22(25)20-13-18-8-5-9-19(14-20)21(18)23/h2-4,6-7,15,17-21H,5,8-14,23H2,1H3. The summed E-state index contributed by atoms with van der Waals surface area (Å²) in [7, 11) is 0. The highest BCUT2D eigenvalue weighted by atomic mass is 16.2. The first-order valence-corrected chi connectivity index (χ1v) is 10.2. The van der Waals surface area contributed by atoms with Gasteiger partial charge in [-0.3, -0.25) is 4.79 Å². The van der Waals surface area contributed by atoms with Crippen molar-refractivity contribution in [2.24, 2.45) is 29.4 Å². The van der Waals surface area contributed by atoms with Gasteiger partial charge in [0.1, 0.15) is 0 Å². The molecule has 3 heteroatoms. The summed E-state index contributed by atoms with van der Waals surface area (Å²) in [5.74, 6) is 2.41. The Labute approximate surface area is 152 Å². The van der Waals surface area contributed by atoms with Gasteiger partial charge < -0.3 is 10.6 Å². The van der Waals surface area contributed by atoms with E-state index in [9.17, 15) is 4.79 Å². The van der Waals surface area contributed by atoms with Crippen molar-refractivity contribution in [3.63, 3.8) is 0 Å². The van der Waals surface area contributed by atoms with Crippen molar-refractivity contribution < 1.29 is 4.79 Å². The van der Waals surface area contributed by atoms with Crippen LogP contribution in [0.15, 0.2) is 30.3 Å². The molecule has 1 aliphatic heterocycles. The molecule has 0 radical (unpaired) electrons. The molecule has 0 aromatic heterocycles. The van der Waals surface area contributed by atoms with Crippen molar-refractivity contribution in [1.82, 2.24) is 4.90 Å². The van der Waals surface area contributed by atoms with Crippen molar-refractivity contribution in [2.75, 3.05) is 6.54 Å². The quantitative estimate of drug-likeness (QED) is 0.913. The van der Waals surface area contributed by atoms with Gasteiger partial charge in [-0.15, -0.1) is 0 Å². The van der Waals surface area contributed by atoms with Crippen LogP contribution in [0.25, 0.3) is 0 Å². The van der Waals surface area contributed by atoms with Gasteiger partial charge in [0.15, 0.2) is 0 Å². The number of amides is 1. The lowest BCUT2D eigenvalue weighted by Crippen LogP contribution is -2.50. The lowest BCUT2D eigenvalue weighted by atomic mass is 9.65. The fourth-order valence-electron chi connectivity index (χ4n) is 5.73. The molecule has 136 valence electrons. The van der Waals surface area contributed by atoms with Crippen LogP contribution in [-0.2, 0) is 11.2 Å². The maximum Gasteiger partial charge on any atom is 0.225 e. The smallest absolute Gasteiger partial charge is 0.225 e. The predicted molar refractivity (Wildman–Crippen MR) is 101 cm³/mol. The number of nitrogens with two attached hydrogens (primary N) is 1. The molecule has 4 unspecified atom stereocenters. The van der Waals surface area contributed by atoms with Crippen LogP contribution in [0.5, 0.6) is 0 Å². The highest BCUT2D eigenvalue weighted by Crippen LogP contribution is 2.43. The fraction of sp³-hybridized carbons (Fsp3) is 0.682. The number of hydrogen-bond acceptors (Lipinski definition) is 2. The van der Waals surface area contributed by atoms with E-state index in [1.54, 1.807) is 0 Å². The van der Waals surface area contributed by atoms with Gasteiger partial charge in [-0.05, 0) is 68.8 Å². The molecule has 2 N–H and O–H groups in total. The van der Waals surface area contributed by atoms with E-state index in [2.05, 4.69) is 42.2 Å². The Hall–Kier alpha value is -1.35. The molecule has 3 aliphatic rings. The lowest BCUT2D eigenvalue weighted by Gasteiger charge is -2.44. The number of likely N-dealkylation sites (tertiary alicyclic amines) is 1. The van der Waals surface area contributed by atoms with E-state index in [4.69, 9.17) is 5.73 Å². The molecule has 1 aromatic rings. The van der Waals surface area contributed by atoms with E-state index in [1.807, 2.05) is 0 Å². The first-order valence-electron chi connectivity index (χ1n) is 10.2. The zero-order valence-corrected chi connectivity index (χ0v) is 15.4. The highest BCUT2D eigenvalue weighted by molar-refractivity contribution is 5.79. The third-order valence-electron chi connectivity index (χ3n) is 7.30. The molecule has 1 saturated heterocycles. The van der Waals surface area contributed by atoms with Crippen LogP contribution in [-0.4, -0.2) is 29.4 Å². The average molecular weight is 341 g/mol. The maximum atomic E-state index is 13.2. The summed E-state index contributed by atoms with van der Waals surface area (Å²) in [5.41, 5.74) is 7.81. The van der Waals surface area contributed by atoms with Gasteiger partial charge in [0.2, 0.25) is 5.91 Å². The van der Waals surface area contributed by atoms with Crippen LogP contribution in [0.1, 0.15) is 51.0 Å². The second kappa shape index (κ2) is 7.11. The fourth-order valence-corrected chi connectivity index (χ4v) is 5.73. The Morgan fingerprint density at radius 1 is 1.12 bits per heavy atom. The van der Waals surface area contributed by atoms with Crippen LogP contribution < -0.4 is 5.73 Å². The molecule has 1 amide bonds. The van der Waals surface area contributed by atoms with Gasteiger partial charge in [0.25, 0.3) is 0 Å². The summed E-state index contributed by atoms with van der Waals surface area (Å²) in [6.45, 7) is 3.20. The largest absolute Gasteiger partial charge is 0.339 e. The summed E-state index contributed by atoms with van der Waals surface area (Å²) in [5, 5.41) is 0. The molecule has 2 saturated carbocycles. The number of carbonyl (C=O) groups is 1. The van der Waals surface area contributed by atoms with Gasteiger partial charge in [0.05, 0.1) is 0 Å². The van der Waals surface area contributed by atoms with Crippen molar-refractivity contribution in [1.29, 1.82) is 0 Å². The molecular formula is C22H32N2O. The minimum Gasteiger partial charge on any atom is -0.339 e. The molecule has 2 bridgehead atoms. The summed E-state index contributed by atoms with van der Waals surface area (Å²) in [6, 6.07) is 11.4. The number of carbonyl (C=O) groups excluding carboxylic acids is 1. The summed E-state index contributed by atoms with van der Waals surface area (Å²) in [4.78, 5) is 15.4. The molecule has 4 rings (SSSR count). The Balaban J connectivity index is 1.39. The second-order valence-corrected chi connectivity index (χ2v) is 8.71. The van der Waals surface area contributed by atoms with Gasteiger partial charge in [-0.2, -0.15) is 0 Å². The Bertz CT molecular complexity index is 587. The number of hydrogen-bond donors (Lipinski definition) is 1. The third kappa shape index (κ3) is 3.36. The molecule has 3 fully saturated rings. The van der Waals surface area contributed by atoms with Crippen LogP contribution >= 0.6 is 0 Å². The first-order chi connectivity index (χ1) is 12.1. The van der Waals surface area contributed by atoms with E-state index in [0.717, 1.165) is 32.2 Å². The molecule has 0 spiro atoms. The molecule has 4 atom stereocenters. The molecule has 25 heavy (non-hydrogen) atoms. The van der Waals surface area contributed by atoms with Crippen molar-refractivity contribution in [3.8, 4) is 0 Å². The van der Waals surface area contributed by atoms with Gasteiger partial charge >= 0.3 is 0 Å². The minimum absolute atomic E-state index is 0.230. The van der Waals surface area contributed by atoms with Crippen LogP contribution in [0.3, 0.4) is 0 Å². The molecule has 1 heterocycles. The molecular weight excluding hydrogens is 308 g/mol.